The standard InChI is InChI=1S/C32H29Cl2N3O3/c1-2-16-35-31(39)28(17-21-8-4-3-5-9-21)36(19-23-14-15-24(33)18-26(23)34)29(38)20-37-27-13-7-11-22-10-6-12-25(30(22)27)32(37)40/h3-15,18,28H,2,16-17,19-20H2,1H3,(H,35,39). The first-order chi connectivity index (χ1) is 19.4. The van der Waals surface area contributed by atoms with Crippen molar-refractivity contribution < 1.29 is 14.4 Å². The smallest absolute Gasteiger partial charge is 0.259 e. The van der Waals surface area contributed by atoms with Crippen LogP contribution in [0.2, 0.25) is 10.0 Å². The Kier molecular flexibility index (Phi) is 8.38. The summed E-state index contributed by atoms with van der Waals surface area (Å²) in [5.41, 5.74) is 2.81. The minimum atomic E-state index is -0.830. The molecule has 1 heterocycles. The predicted molar refractivity (Wildman–Crippen MR) is 160 cm³/mol. The number of hydrogen-bond donors (Lipinski definition) is 1. The van der Waals surface area contributed by atoms with Crippen molar-refractivity contribution in [2.45, 2.75) is 32.4 Å². The van der Waals surface area contributed by atoms with E-state index in [1.54, 1.807) is 24.3 Å². The number of hydrogen-bond acceptors (Lipinski definition) is 3. The van der Waals surface area contributed by atoms with E-state index in [-0.39, 0.29) is 30.8 Å². The molecule has 0 aromatic heterocycles. The van der Waals surface area contributed by atoms with Gasteiger partial charge in [0.1, 0.15) is 12.6 Å². The Morgan fingerprint density at radius 3 is 2.42 bits per heavy atom. The molecule has 6 nitrogen and oxygen atoms in total. The second-order valence-corrected chi connectivity index (χ2v) is 10.7. The fraction of sp³-hybridized carbons (Fsp3) is 0.219. The molecular weight excluding hydrogens is 545 g/mol. The number of carbonyl (C=O) groups excluding carboxylic acids is 3. The average molecular weight is 575 g/mol. The lowest BCUT2D eigenvalue weighted by molar-refractivity contribution is -0.140. The fourth-order valence-electron chi connectivity index (χ4n) is 5.12. The van der Waals surface area contributed by atoms with Gasteiger partial charge in [0.15, 0.2) is 0 Å². The molecule has 0 spiro atoms. The van der Waals surface area contributed by atoms with Gasteiger partial charge in [0.25, 0.3) is 5.91 Å². The van der Waals surface area contributed by atoms with Crippen molar-refractivity contribution in [1.82, 2.24) is 10.2 Å². The first-order valence-corrected chi connectivity index (χ1v) is 14.0. The molecule has 1 aliphatic heterocycles. The van der Waals surface area contributed by atoms with Crippen molar-refractivity contribution in [1.29, 1.82) is 0 Å². The van der Waals surface area contributed by atoms with Crippen LogP contribution in [0, 0.1) is 0 Å². The van der Waals surface area contributed by atoms with Crippen molar-refractivity contribution in [3.63, 3.8) is 0 Å². The lowest BCUT2D eigenvalue weighted by Crippen LogP contribution is -2.53. The first kappa shape index (κ1) is 27.7. The van der Waals surface area contributed by atoms with Crippen LogP contribution in [0.3, 0.4) is 0 Å². The average Bonchev–Trinajstić information content (AvgIpc) is 3.23. The molecule has 4 aromatic rings. The van der Waals surface area contributed by atoms with Gasteiger partial charge in [-0.1, -0.05) is 90.8 Å². The lowest BCUT2D eigenvalue weighted by Gasteiger charge is -2.33. The summed E-state index contributed by atoms with van der Waals surface area (Å²) in [4.78, 5) is 44.3. The summed E-state index contributed by atoms with van der Waals surface area (Å²) in [5.74, 6) is -0.862. The zero-order valence-corrected chi connectivity index (χ0v) is 23.6. The Bertz CT molecular complexity index is 1570. The van der Waals surface area contributed by atoms with E-state index in [4.69, 9.17) is 23.2 Å². The van der Waals surface area contributed by atoms with Crippen LogP contribution < -0.4 is 10.2 Å². The van der Waals surface area contributed by atoms with Gasteiger partial charge in [-0.3, -0.25) is 19.3 Å². The van der Waals surface area contributed by atoms with Crippen LogP contribution in [0.25, 0.3) is 10.8 Å². The van der Waals surface area contributed by atoms with Crippen LogP contribution >= 0.6 is 23.2 Å². The third-order valence-corrected chi connectivity index (χ3v) is 7.71. The number of carbonyl (C=O) groups is 3. The highest BCUT2D eigenvalue weighted by atomic mass is 35.5. The van der Waals surface area contributed by atoms with E-state index >= 15 is 0 Å². The highest BCUT2D eigenvalue weighted by Gasteiger charge is 2.36. The van der Waals surface area contributed by atoms with Gasteiger partial charge in [-0.15, -0.1) is 0 Å². The molecule has 40 heavy (non-hydrogen) atoms. The molecule has 0 bridgehead atoms. The summed E-state index contributed by atoms with van der Waals surface area (Å²) < 4.78 is 0. The quantitative estimate of drug-likeness (QED) is 0.243. The topological polar surface area (TPSA) is 69.7 Å². The number of benzene rings is 4. The summed E-state index contributed by atoms with van der Waals surface area (Å²) >= 11 is 12.7. The monoisotopic (exact) mass is 573 g/mol. The molecule has 0 aliphatic carbocycles. The maximum absolute atomic E-state index is 14.2. The number of halogens is 2. The van der Waals surface area contributed by atoms with Crippen molar-refractivity contribution in [2.24, 2.45) is 0 Å². The molecule has 3 amide bonds. The maximum atomic E-state index is 14.2. The van der Waals surface area contributed by atoms with Crippen molar-refractivity contribution >= 4 is 57.4 Å². The Morgan fingerprint density at radius 2 is 1.70 bits per heavy atom. The number of anilines is 1. The Hall–Kier alpha value is -3.87. The first-order valence-electron chi connectivity index (χ1n) is 13.3. The highest BCUT2D eigenvalue weighted by molar-refractivity contribution is 6.35. The van der Waals surface area contributed by atoms with Crippen LogP contribution in [0.15, 0.2) is 84.9 Å². The largest absolute Gasteiger partial charge is 0.354 e. The highest BCUT2D eigenvalue weighted by Crippen LogP contribution is 2.37. The molecule has 1 unspecified atom stereocenters. The lowest BCUT2D eigenvalue weighted by atomic mass is 10.0. The van der Waals surface area contributed by atoms with Crippen LogP contribution in [-0.2, 0) is 22.6 Å². The second kappa shape index (κ2) is 12.1. The predicted octanol–water partition coefficient (Wildman–Crippen LogP) is 6.27. The van der Waals surface area contributed by atoms with E-state index in [1.807, 2.05) is 67.6 Å². The molecule has 0 radical (unpaired) electrons. The van der Waals surface area contributed by atoms with Gasteiger partial charge >= 0.3 is 0 Å². The molecule has 0 saturated carbocycles. The summed E-state index contributed by atoms with van der Waals surface area (Å²) in [6.45, 7) is 2.31. The Morgan fingerprint density at radius 1 is 0.950 bits per heavy atom. The van der Waals surface area contributed by atoms with Gasteiger partial charge < -0.3 is 10.2 Å². The number of nitrogens with zero attached hydrogens (tertiary/aromatic N) is 2. The molecule has 4 aromatic carbocycles. The normalized spacial score (nSPS) is 13.0. The van der Waals surface area contributed by atoms with Crippen LogP contribution in [0.5, 0.6) is 0 Å². The third kappa shape index (κ3) is 5.69. The van der Waals surface area contributed by atoms with Gasteiger partial charge in [0.05, 0.1) is 5.69 Å². The number of amides is 3. The maximum Gasteiger partial charge on any atom is 0.259 e. The van der Waals surface area contributed by atoms with Gasteiger partial charge in [0, 0.05) is 40.5 Å². The van der Waals surface area contributed by atoms with Crippen LogP contribution in [0.1, 0.15) is 34.8 Å². The van der Waals surface area contributed by atoms with E-state index in [0.29, 0.717) is 39.8 Å². The molecule has 0 fully saturated rings. The molecule has 5 rings (SSSR count). The number of nitrogens with one attached hydrogen (secondary N) is 1. The zero-order chi connectivity index (χ0) is 28.2. The third-order valence-electron chi connectivity index (χ3n) is 7.12. The molecule has 204 valence electrons. The molecule has 1 N–H and O–H groups in total. The SMILES string of the molecule is CCCNC(=O)C(Cc1ccccc1)N(Cc1ccc(Cl)cc1Cl)C(=O)CN1C(=O)c2cccc3cccc1c23. The van der Waals surface area contributed by atoms with Crippen molar-refractivity contribution in [3.8, 4) is 0 Å². The molecule has 1 aliphatic rings. The summed E-state index contributed by atoms with van der Waals surface area (Å²) in [6, 6.07) is 25.1. The summed E-state index contributed by atoms with van der Waals surface area (Å²) in [5, 5.41) is 5.60. The minimum absolute atomic E-state index is 0.0745. The van der Waals surface area contributed by atoms with Gasteiger partial charge in [-0.2, -0.15) is 0 Å². The molecule has 0 saturated heterocycles. The molecule has 8 heteroatoms. The summed E-state index contributed by atoms with van der Waals surface area (Å²) in [7, 11) is 0. The van der Waals surface area contributed by atoms with Crippen molar-refractivity contribution in [2.75, 3.05) is 18.0 Å². The molecule has 1 atom stereocenters. The fourth-order valence-corrected chi connectivity index (χ4v) is 5.58. The van der Waals surface area contributed by atoms with Gasteiger partial charge in [-0.25, -0.2) is 0 Å². The Labute approximate surface area is 243 Å². The van der Waals surface area contributed by atoms with E-state index < -0.39 is 6.04 Å². The van der Waals surface area contributed by atoms with Gasteiger partial charge in [0.2, 0.25) is 11.8 Å². The minimum Gasteiger partial charge on any atom is -0.354 e. The number of rotatable bonds is 10. The Balaban J connectivity index is 1.52. The van der Waals surface area contributed by atoms with Crippen molar-refractivity contribution in [3.05, 3.63) is 112 Å². The van der Waals surface area contributed by atoms with Gasteiger partial charge in [-0.05, 0) is 47.2 Å². The van der Waals surface area contributed by atoms with E-state index in [9.17, 15) is 14.4 Å². The van der Waals surface area contributed by atoms with E-state index in [2.05, 4.69) is 5.32 Å². The van der Waals surface area contributed by atoms with Crippen LogP contribution in [-0.4, -0.2) is 41.8 Å². The van der Waals surface area contributed by atoms with E-state index in [1.165, 1.54) is 9.80 Å². The second-order valence-electron chi connectivity index (χ2n) is 9.83. The zero-order valence-electron chi connectivity index (χ0n) is 22.1. The van der Waals surface area contributed by atoms with E-state index in [0.717, 1.165) is 22.8 Å². The van der Waals surface area contributed by atoms with Crippen LogP contribution in [0.4, 0.5) is 5.69 Å². The summed E-state index contributed by atoms with van der Waals surface area (Å²) in [6.07, 6.45) is 1.06. The molecular formula is C32H29Cl2N3O3.